The Labute approximate surface area is 179 Å². The second-order valence-corrected chi connectivity index (χ2v) is 8.14. The molecular weight excluding hydrogens is 420 g/mol. The molecular formula is C21H16N4O5S. The van der Waals surface area contributed by atoms with E-state index in [1.54, 1.807) is 0 Å². The van der Waals surface area contributed by atoms with Crippen molar-refractivity contribution in [3.05, 3.63) is 73.6 Å². The molecule has 0 radical (unpaired) electrons. The summed E-state index contributed by atoms with van der Waals surface area (Å²) in [6.07, 6.45) is 3.36. The van der Waals surface area contributed by atoms with Crippen molar-refractivity contribution in [2.24, 2.45) is 0 Å². The van der Waals surface area contributed by atoms with E-state index in [9.17, 15) is 19.7 Å². The molecule has 0 spiro atoms. The zero-order valence-electron chi connectivity index (χ0n) is 16.2. The number of oxazole rings is 1. The minimum Gasteiger partial charge on any atom is -0.407 e. The van der Waals surface area contributed by atoms with E-state index in [0.717, 1.165) is 34.7 Å². The number of nitrogens with zero attached hydrogens (tertiary/aromatic N) is 3. The van der Waals surface area contributed by atoms with E-state index in [1.165, 1.54) is 41.0 Å². The number of nitro benzene ring substituents is 1. The monoisotopic (exact) mass is 436 g/mol. The smallest absolute Gasteiger partial charge is 0.407 e. The maximum absolute atomic E-state index is 12.5. The van der Waals surface area contributed by atoms with Crippen molar-refractivity contribution in [2.75, 3.05) is 5.32 Å². The molecule has 0 saturated heterocycles. The van der Waals surface area contributed by atoms with Gasteiger partial charge in [-0.15, -0.1) is 11.3 Å². The normalized spacial score (nSPS) is 12.8. The average Bonchev–Trinajstić information content (AvgIpc) is 3.46. The fraction of sp³-hybridized carbons (Fsp3) is 0.190. The van der Waals surface area contributed by atoms with Gasteiger partial charge in [0.2, 0.25) is 5.91 Å². The summed E-state index contributed by atoms with van der Waals surface area (Å²) in [5.74, 6) is -1.21. The van der Waals surface area contributed by atoms with Crippen LogP contribution in [0.3, 0.4) is 0 Å². The highest BCUT2D eigenvalue weighted by Crippen LogP contribution is 2.30. The predicted octanol–water partition coefficient (Wildman–Crippen LogP) is 3.75. The van der Waals surface area contributed by atoms with E-state index in [0.29, 0.717) is 10.6 Å². The summed E-state index contributed by atoms with van der Waals surface area (Å²) in [5, 5.41) is 15.9. The first-order valence-corrected chi connectivity index (χ1v) is 10.5. The molecule has 9 nitrogen and oxygen atoms in total. The Balaban J connectivity index is 1.33. The van der Waals surface area contributed by atoms with E-state index in [-0.39, 0.29) is 17.8 Å². The van der Waals surface area contributed by atoms with Crippen molar-refractivity contribution in [1.82, 2.24) is 9.55 Å². The van der Waals surface area contributed by atoms with E-state index < -0.39 is 16.6 Å². The number of fused-ring (bicyclic) bond motifs is 2. The third-order valence-electron chi connectivity index (χ3n) is 5.31. The van der Waals surface area contributed by atoms with Crippen LogP contribution in [0, 0.1) is 10.1 Å². The van der Waals surface area contributed by atoms with Gasteiger partial charge in [0, 0.05) is 17.0 Å². The fourth-order valence-electron chi connectivity index (χ4n) is 3.82. The van der Waals surface area contributed by atoms with Crippen molar-refractivity contribution in [2.45, 2.75) is 25.8 Å². The lowest BCUT2D eigenvalue weighted by atomic mass is 10.1. The molecule has 2 aromatic heterocycles. The van der Waals surface area contributed by atoms with Crippen LogP contribution in [0.5, 0.6) is 0 Å². The highest BCUT2D eigenvalue weighted by Gasteiger charge is 2.17. The summed E-state index contributed by atoms with van der Waals surface area (Å²) in [5.41, 5.74) is 4.70. The molecule has 10 heteroatoms. The van der Waals surface area contributed by atoms with Gasteiger partial charge in [-0.05, 0) is 42.5 Å². The van der Waals surface area contributed by atoms with Gasteiger partial charge in [0.25, 0.3) is 5.69 Å². The van der Waals surface area contributed by atoms with Crippen molar-refractivity contribution >= 4 is 39.2 Å². The molecule has 0 saturated carbocycles. The Morgan fingerprint density at radius 3 is 2.90 bits per heavy atom. The number of hydrogen-bond acceptors (Lipinski definition) is 7. The topological polar surface area (TPSA) is 120 Å². The third kappa shape index (κ3) is 3.61. The molecule has 1 aliphatic rings. The Kier molecular flexibility index (Phi) is 4.63. The van der Waals surface area contributed by atoms with E-state index in [2.05, 4.69) is 22.4 Å². The third-order valence-corrected chi connectivity index (χ3v) is 6.07. The fourth-order valence-corrected chi connectivity index (χ4v) is 4.55. The number of carbonyl (C=O) groups is 1. The summed E-state index contributed by atoms with van der Waals surface area (Å²) in [6, 6.07) is 10.1. The molecule has 4 aromatic rings. The second kappa shape index (κ2) is 7.47. The maximum Gasteiger partial charge on any atom is 0.420 e. The van der Waals surface area contributed by atoms with E-state index in [1.807, 2.05) is 11.4 Å². The molecule has 5 rings (SSSR count). The van der Waals surface area contributed by atoms with Crippen LogP contribution in [-0.4, -0.2) is 20.4 Å². The van der Waals surface area contributed by atoms with Crippen LogP contribution >= 0.6 is 11.3 Å². The first kappa shape index (κ1) is 19.2. The zero-order chi connectivity index (χ0) is 21.5. The van der Waals surface area contributed by atoms with Gasteiger partial charge in [-0.25, -0.2) is 9.78 Å². The molecule has 1 N–H and O–H groups in total. The van der Waals surface area contributed by atoms with Crippen molar-refractivity contribution < 1.29 is 14.1 Å². The van der Waals surface area contributed by atoms with Gasteiger partial charge < -0.3 is 9.73 Å². The van der Waals surface area contributed by atoms with Crippen LogP contribution in [0.2, 0.25) is 0 Å². The number of aromatic nitrogens is 2. The lowest BCUT2D eigenvalue weighted by Gasteiger charge is -2.03. The van der Waals surface area contributed by atoms with Gasteiger partial charge in [0.05, 0.1) is 22.2 Å². The standard InChI is InChI=1S/C21H16N4O5S/c26-19(10-24-17-7-6-15(25(28)29)9-18(17)30-21(24)27)23-20-22-16(11-31-20)14-5-4-12-2-1-3-13(12)8-14/h4-9,11H,1-3,10H2,(H,22,23,26). The summed E-state index contributed by atoms with van der Waals surface area (Å²) >= 11 is 1.30. The number of aryl methyl sites for hydroxylation is 2. The lowest BCUT2D eigenvalue weighted by molar-refractivity contribution is -0.384. The zero-order valence-corrected chi connectivity index (χ0v) is 17.0. The second-order valence-electron chi connectivity index (χ2n) is 7.29. The molecule has 1 amide bonds. The molecule has 2 aromatic carbocycles. The van der Waals surface area contributed by atoms with Gasteiger partial charge in [-0.1, -0.05) is 12.1 Å². The first-order valence-electron chi connectivity index (χ1n) is 9.63. The highest BCUT2D eigenvalue weighted by atomic mass is 32.1. The van der Waals surface area contributed by atoms with Gasteiger partial charge >= 0.3 is 5.76 Å². The van der Waals surface area contributed by atoms with E-state index in [4.69, 9.17) is 4.42 Å². The Hall–Kier alpha value is -3.79. The number of nitrogens with one attached hydrogen (secondary N) is 1. The molecule has 0 bridgehead atoms. The van der Waals surface area contributed by atoms with Gasteiger partial charge in [-0.3, -0.25) is 19.5 Å². The van der Waals surface area contributed by atoms with Crippen LogP contribution < -0.4 is 11.1 Å². The Morgan fingerprint density at radius 1 is 1.23 bits per heavy atom. The van der Waals surface area contributed by atoms with Gasteiger partial charge in [0.15, 0.2) is 10.7 Å². The Bertz CT molecular complexity index is 1400. The molecule has 0 aliphatic heterocycles. The van der Waals surface area contributed by atoms with Crippen molar-refractivity contribution in [1.29, 1.82) is 0 Å². The van der Waals surface area contributed by atoms with Crippen LogP contribution in [0.25, 0.3) is 22.4 Å². The summed E-state index contributed by atoms with van der Waals surface area (Å²) in [4.78, 5) is 39.4. The predicted molar refractivity (Wildman–Crippen MR) is 115 cm³/mol. The molecule has 1 aliphatic carbocycles. The lowest BCUT2D eigenvalue weighted by Crippen LogP contribution is -2.24. The maximum atomic E-state index is 12.5. The number of thiazole rings is 1. The van der Waals surface area contributed by atoms with Crippen LogP contribution in [-0.2, 0) is 24.2 Å². The number of amides is 1. The summed E-state index contributed by atoms with van der Waals surface area (Å²) in [7, 11) is 0. The van der Waals surface area contributed by atoms with E-state index >= 15 is 0 Å². The Morgan fingerprint density at radius 2 is 2.06 bits per heavy atom. The van der Waals surface area contributed by atoms with Crippen LogP contribution in [0.15, 0.2) is 51.0 Å². The number of benzene rings is 2. The molecule has 0 unspecified atom stereocenters. The van der Waals surface area contributed by atoms with Gasteiger partial charge in [-0.2, -0.15) is 0 Å². The van der Waals surface area contributed by atoms with Crippen LogP contribution in [0.1, 0.15) is 17.5 Å². The SMILES string of the molecule is O=C(Cn1c(=O)oc2cc([N+](=O)[O-])ccc21)Nc1nc(-c2ccc3c(c2)CCC3)cs1. The van der Waals surface area contributed by atoms with Crippen LogP contribution in [0.4, 0.5) is 10.8 Å². The largest absolute Gasteiger partial charge is 0.420 e. The quantitative estimate of drug-likeness (QED) is 0.376. The molecule has 156 valence electrons. The molecule has 31 heavy (non-hydrogen) atoms. The van der Waals surface area contributed by atoms with Gasteiger partial charge in [0.1, 0.15) is 6.54 Å². The van der Waals surface area contributed by atoms with Crippen molar-refractivity contribution in [3.8, 4) is 11.3 Å². The minimum atomic E-state index is -0.761. The number of anilines is 1. The molecule has 0 atom stereocenters. The summed E-state index contributed by atoms with van der Waals surface area (Å²) in [6.45, 7) is -0.294. The first-order chi connectivity index (χ1) is 15.0. The highest BCUT2D eigenvalue weighted by molar-refractivity contribution is 7.14. The number of nitro groups is 1. The minimum absolute atomic E-state index is 0.0557. The number of carbonyl (C=O) groups excluding carboxylic acids is 1. The molecule has 2 heterocycles. The summed E-state index contributed by atoms with van der Waals surface area (Å²) < 4.78 is 6.18. The number of hydrogen-bond donors (Lipinski definition) is 1. The van der Waals surface area contributed by atoms with Crippen molar-refractivity contribution in [3.63, 3.8) is 0 Å². The average molecular weight is 436 g/mol. The number of rotatable bonds is 5. The molecule has 0 fully saturated rings. The number of non-ortho nitro benzene ring substituents is 1.